The fraction of sp³-hybridized carbons (Fsp3) is 0.500. The molecule has 3 aliphatic heterocycles. The van der Waals surface area contributed by atoms with Crippen LogP contribution in [0.2, 0.25) is 0 Å². The van der Waals surface area contributed by atoms with Crippen LogP contribution < -0.4 is 25.4 Å². The lowest BCUT2D eigenvalue weighted by Gasteiger charge is -2.48. The van der Waals surface area contributed by atoms with Gasteiger partial charge in [-0.1, -0.05) is 5.16 Å². The number of nitrogens with two attached hydrogens (primary N) is 1. The van der Waals surface area contributed by atoms with Gasteiger partial charge in [0.2, 0.25) is 23.6 Å². The standard InChI is InChI=1S/C48H50F2N10O5S/c49-33-19-28(20-34(50)39(33)30-5-6-36(61)55-45(30)62)60-17-13-46(14-18-60)11-15-59(16-12-46)25-47(9-10-47)26-63-37-21-38(64-29-23-53-27-54-24-29)57-44(56-37)41-31-3-1-7-48(42(31)65-58-41)8-2-4-35-40(48)32(22-51)43(52)66-35/h19-21,23-24,27,30H,1-18,25-26,52H2,(H,55,61,62)/t30?,48-/m0/s1. The van der Waals surface area contributed by atoms with E-state index in [0.717, 1.165) is 118 Å². The first-order valence-corrected chi connectivity index (χ1v) is 23.9. The summed E-state index contributed by atoms with van der Waals surface area (Å²) >= 11 is 1.51. The van der Waals surface area contributed by atoms with Crippen molar-refractivity contribution >= 4 is 33.8 Å². The number of nitrogen functional groups attached to an aromatic ring is 1. The highest BCUT2D eigenvalue weighted by molar-refractivity contribution is 7.16. The van der Waals surface area contributed by atoms with E-state index in [2.05, 4.69) is 31.4 Å². The lowest BCUT2D eigenvalue weighted by molar-refractivity contribution is -0.134. The number of halogens is 2. The van der Waals surface area contributed by atoms with E-state index in [1.807, 2.05) is 4.90 Å². The van der Waals surface area contributed by atoms with Crippen molar-refractivity contribution < 1.29 is 32.4 Å². The van der Waals surface area contributed by atoms with Crippen LogP contribution in [0.4, 0.5) is 19.5 Å². The number of piperidine rings is 3. The number of aromatic nitrogens is 5. The van der Waals surface area contributed by atoms with E-state index in [1.54, 1.807) is 18.5 Å². The maximum Gasteiger partial charge on any atom is 0.234 e. The molecule has 2 amide bonds. The maximum atomic E-state index is 15.4. The Morgan fingerprint density at radius 2 is 1.64 bits per heavy atom. The highest BCUT2D eigenvalue weighted by Gasteiger charge is 2.50. The quantitative estimate of drug-likeness (QED) is 0.130. The molecular formula is C48H50F2N10O5S. The van der Waals surface area contributed by atoms with Gasteiger partial charge in [0.05, 0.1) is 42.0 Å². The molecule has 1 unspecified atom stereocenters. The molecule has 6 aliphatic rings. The summed E-state index contributed by atoms with van der Waals surface area (Å²) in [5, 5.41) is 17.6. The van der Waals surface area contributed by atoms with Gasteiger partial charge in [0.25, 0.3) is 0 Å². The first kappa shape index (κ1) is 42.6. The van der Waals surface area contributed by atoms with Gasteiger partial charge in [-0.2, -0.15) is 15.2 Å². The molecule has 1 saturated carbocycles. The topological polar surface area (TPSA) is 199 Å². The van der Waals surface area contributed by atoms with E-state index in [-0.39, 0.29) is 35.1 Å². The highest BCUT2D eigenvalue weighted by atomic mass is 32.1. The molecule has 3 saturated heterocycles. The zero-order valence-electron chi connectivity index (χ0n) is 36.5. The summed E-state index contributed by atoms with van der Waals surface area (Å²) in [5.41, 5.74) is 9.32. The zero-order chi connectivity index (χ0) is 45.2. The third-order valence-electron chi connectivity index (χ3n) is 15.3. The number of amides is 2. The van der Waals surface area contributed by atoms with Gasteiger partial charge in [-0.05, 0) is 120 Å². The zero-order valence-corrected chi connectivity index (χ0v) is 37.4. The van der Waals surface area contributed by atoms with E-state index in [9.17, 15) is 14.9 Å². The van der Waals surface area contributed by atoms with Crippen LogP contribution in [0.25, 0.3) is 11.5 Å². The number of fused-ring (bicyclic) bond motifs is 4. The second kappa shape index (κ2) is 16.7. The molecule has 66 heavy (non-hydrogen) atoms. The first-order valence-electron chi connectivity index (χ1n) is 23.1. The van der Waals surface area contributed by atoms with Crippen LogP contribution >= 0.6 is 11.3 Å². The second-order valence-corrected chi connectivity index (χ2v) is 20.4. The summed E-state index contributed by atoms with van der Waals surface area (Å²) in [6.07, 6.45) is 15.9. The van der Waals surface area contributed by atoms with Crippen LogP contribution in [0.15, 0.2) is 41.4 Å². The molecule has 342 valence electrons. The number of carbonyl (C=O) groups is 2. The summed E-state index contributed by atoms with van der Waals surface area (Å²) < 4.78 is 49.8. The molecule has 2 atom stereocenters. The Labute approximate surface area is 384 Å². The number of carbonyl (C=O) groups excluding carboxylic acids is 2. The average Bonchev–Trinajstić information content (AvgIpc) is 3.78. The predicted octanol–water partition coefficient (Wildman–Crippen LogP) is 7.53. The molecule has 5 aromatic rings. The molecule has 4 aromatic heterocycles. The lowest BCUT2D eigenvalue weighted by atomic mass is 9.63. The van der Waals surface area contributed by atoms with Crippen molar-refractivity contribution in [3.63, 3.8) is 0 Å². The number of hydrogen-bond donors (Lipinski definition) is 2. The fourth-order valence-corrected chi connectivity index (χ4v) is 12.7. The summed E-state index contributed by atoms with van der Waals surface area (Å²) in [5.74, 6) is -1.43. The Morgan fingerprint density at radius 1 is 0.924 bits per heavy atom. The molecule has 1 aromatic carbocycles. The number of ether oxygens (including phenoxy) is 2. The molecule has 18 heteroatoms. The molecule has 3 aliphatic carbocycles. The Hall–Kier alpha value is -6.06. The van der Waals surface area contributed by atoms with Crippen molar-refractivity contribution in [3.05, 3.63) is 81.4 Å². The third kappa shape index (κ3) is 7.72. The molecule has 15 nitrogen and oxygen atoms in total. The van der Waals surface area contributed by atoms with Gasteiger partial charge in [0.15, 0.2) is 23.0 Å². The maximum absolute atomic E-state index is 15.4. The Kier molecular flexibility index (Phi) is 10.8. The largest absolute Gasteiger partial charge is 0.477 e. The Morgan fingerprint density at radius 3 is 2.35 bits per heavy atom. The minimum absolute atomic E-state index is 0.0135. The van der Waals surface area contributed by atoms with Crippen LogP contribution in [0.5, 0.6) is 17.5 Å². The van der Waals surface area contributed by atoms with Crippen LogP contribution in [0, 0.1) is 33.8 Å². The summed E-state index contributed by atoms with van der Waals surface area (Å²) in [7, 11) is 0. The van der Waals surface area contributed by atoms with E-state index in [1.165, 1.54) is 29.8 Å². The molecule has 11 rings (SSSR count). The molecule has 0 radical (unpaired) electrons. The van der Waals surface area contributed by atoms with Gasteiger partial charge in [-0.15, -0.1) is 11.3 Å². The average molecular weight is 917 g/mol. The van der Waals surface area contributed by atoms with Crippen molar-refractivity contribution in [2.75, 3.05) is 50.0 Å². The van der Waals surface area contributed by atoms with Gasteiger partial charge in [-0.3, -0.25) is 14.9 Å². The SMILES string of the molecule is N#Cc1c(N)sc2c1[C@@]1(CCC2)CCCc2c(-c3nc(OCC4(CN5CCC6(CC5)CCN(c5cc(F)c(C7CCC(=O)NC7=O)c(F)c5)CC6)CC4)cc(Oc4cncnc4)n3)noc21. The number of thiophene rings is 1. The van der Waals surface area contributed by atoms with Gasteiger partial charge in [0.1, 0.15) is 29.0 Å². The Bertz CT molecular complexity index is 2730. The number of nitriles is 1. The molecule has 2 spiro atoms. The minimum atomic E-state index is -1.01. The van der Waals surface area contributed by atoms with Crippen LogP contribution in [0.1, 0.15) is 116 Å². The number of benzene rings is 1. The number of rotatable bonds is 10. The first-order chi connectivity index (χ1) is 32.0. The van der Waals surface area contributed by atoms with Crippen LogP contribution in [0.3, 0.4) is 0 Å². The highest BCUT2D eigenvalue weighted by Crippen LogP contribution is 2.55. The van der Waals surface area contributed by atoms with Crippen molar-refractivity contribution in [1.29, 1.82) is 5.26 Å². The smallest absolute Gasteiger partial charge is 0.234 e. The Balaban J connectivity index is 0.757. The van der Waals surface area contributed by atoms with E-state index in [0.29, 0.717) is 59.1 Å². The van der Waals surface area contributed by atoms with Crippen LogP contribution in [-0.2, 0) is 27.8 Å². The van der Waals surface area contributed by atoms with Gasteiger partial charge in [-0.25, -0.2) is 18.7 Å². The molecule has 7 heterocycles. The van der Waals surface area contributed by atoms with Crippen molar-refractivity contribution in [1.82, 2.24) is 35.3 Å². The molecule has 0 bridgehead atoms. The van der Waals surface area contributed by atoms with E-state index in [4.69, 9.17) is 29.7 Å². The lowest BCUT2D eigenvalue weighted by Crippen LogP contribution is -2.48. The van der Waals surface area contributed by atoms with Gasteiger partial charge < -0.3 is 29.5 Å². The number of likely N-dealkylation sites (tertiary alicyclic amines) is 1. The van der Waals surface area contributed by atoms with Gasteiger partial charge >= 0.3 is 0 Å². The fourth-order valence-electron chi connectivity index (χ4n) is 11.5. The molecule has 3 N–H and O–H groups in total. The predicted molar refractivity (Wildman–Crippen MR) is 238 cm³/mol. The van der Waals surface area contributed by atoms with E-state index < -0.39 is 34.8 Å². The summed E-state index contributed by atoms with van der Waals surface area (Å²) in [4.78, 5) is 47.7. The third-order valence-corrected chi connectivity index (χ3v) is 16.4. The minimum Gasteiger partial charge on any atom is -0.477 e. The number of hydrogen-bond acceptors (Lipinski definition) is 15. The van der Waals surface area contributed by atoms with Crippen molar-refractivity contribution in [2.24, 2.45) is 10.8 Å². The summed E-state index contributed by atoms with van der Waals surface area (Å²) in [6, 6.07) is 6.76. The number of imide groups is 1. The van der Waals surface area contributed by atoms with Crippen molar-refractivity contribution in [2.45, 2.75) is 101 Å². The number of nitrogens with one attached hydrogen (secondary N) is 1. The monoisotopic (exact) mass is 916 g/mol. The number of nitrogens with zero attached hydrogens (tertiary/aromatic N) is 8. The molecular weight excluding hydrogens is 867 g/mol. The van der Waals surface area contributed by atoms with E-state index >= 15 is 8.78 Å². The van der Waals surface area contributed by atoms with Crippen LogP contribution in [-0.4, -0.2) is 81.1 Å². The van der Waals surface area contributed by atoms with Gasteiger partial charge in [0, 0.05) is 53.2 Å². The second-order valence-electron chi connectivity index (χ2n) is 19.3. The number of anilines is 2. The molecule has 4 fully saturated rings. The number of aryl methyl sites for hydroxylation is 1. The summed E-state index contributed by atoms with van der Waals surface area (Å²) in [6.45, 7) is 4.71. The normalized spacial score (nSPS) is 23.2. The van der Waals surface area contributed by atoms with Crippen molar-refractivity contribution in [3.8, 4) is 35.1 Å².